The molecule has 2 atom stereocenters. The minimum Gasteiger partial charge on any atom is -0.487 e. The zero-order chi connectivity index (χ0) is 21.8. The second kappa shape index (κ2) is 10.8. The predicted molar refractivity (Wildman–Crippen MR) is 133 cm³/mol. The number of amides is 1. The molecule has 3 N–H and O–H groups in total. The fraction of sp³-hybridized carbons (Fsp3) is 0.619. The van der Waals surface area contributed by atoms with Crippen LogP contribution in [0.5, 0.6) is 5.75 Å². The zero-order valence-corrected chi connectivity index (χ0v) is 21.5. The van der Waals surface area contributed by atoms with Crippen molar-refractivity contribution in [3.8, 4) is 5.75 Å². The molecule has 31 heavy (non-hydrogen) atoms. The SMILES string of the molecule is CCNC(=NCCC(=O)NC1CCS(=O)(=O)C1)NC1CC(C)(C)Oc2ccccc21.I. The molecule has 0 bridgehead atoms. The lowest BCUT2D eigenvalue weighted by Gasteiger charge is -2.38. The van der Waals surface area contributed by atoms with Gasteiger partial charge in [0.05, 0.1) is 24.1 Å². The van der Waals surface area contributed by atoms with Crippen LogP contribution in [0.3, 0.4) is 0 Å². The largest absolute Gasteiger partial charge is 0.487 e. The quantitative estimate of drug-likeness (QED) is 0.278. The molecule has 2 unspecified atom stereocenters. The average molecular weight is 564 g/mol. The number of rotatable bonds is 6. The van der Waals surface area contributed by atoms with Crippen LogP contribution < -0.4 is 20.7 Å². The van der Waals surface area contributed by atoms with Gasteiger partial charge in [-0.3, -0.25) is 9.79 Å². The summed E-state index contributed by atoms with van der Waals surface area (Å²) < 4.78 is 29.1. The monoisotopic (exact) mass is 564 g/mol. The maximum atomic E-state index is 12.2. The van der Waals surface area contributed by atoms with E-state index in [9.17, 15) is 13.2 Å². The number of nitrogens with one attached hydrogen (secondary N) is 3. The van der Waals surface area contributed by atoms with Crippen molar-refractivity contribution in [1.29, 1.82) is 0 Å². The Bertz CT molecular complexity index is 904. The number of guanidine groups is 1. The molecule has 1 fully saturated rings. The van der Waals surface area contributed by atoms with E-state index in [0.29, 0.717) is 25.5 Å². The molecular weight excluding hydrogens is 531 g/mol. The number of ether oxygens (including phenoxy) is 1. The Morgan fingerprint density at radius 1 is 1.26 bits per heavy atom. The number of aliphatic imine (C=N–C) groups is 1. The number of para-hydroxylation sites is 1. The number of hydrogen-bond acceptors (Lipinski definition) is 5. The molecule has 0 saturated carbocycles. The fourth-order valence-corrected chi connectivity index (χ4v) is 5.57. The molecular formula is C21H33IN4O4S. The first-order valence-corrected chi connectivity index (χ1v) is 12.3. The summed E-state index contributed by atoms with van der Waals surface area (Å²) in [7, 11) is -3.01. The van der Waals surface area contributed by atoms with E-state index in [1.807, 2.05) is 25.1 Å². The fourth-order valence-electron chi connectivity index (χ4n) is 3.89. The van der Waals surface area contributed by atoms with E-state index in [1.165, 1.54) is 0 Å². The van der Waals surface area contributed by atoms with Crippen LogP contribution in [0, 0.1) is 0 Å². The molecule has 2 aliphatic heterocycles. The van der Waals surface area contributed by atoms with Gasteiger partial charge in [0, 0.05) is 31.0 Å². The van der Waals surface area contributed by atoms with Crippen molar-refractivity contribution in [2.45, 2.75) is 57.7 Å². The lowest BCUT2D eigenvalue weighted by atomic mass is 9.90. The summed E-state index contributed by atoms with van der Waals surface area (Å²) in [6, 6.07) is 7.74. The first-order valence-electron chi connectivity index (χ1n) is 10.5. The maximum absolute atomic E-state index is 12.2. The third-order valence-electron chi connectivity index (χ3n) is 5.24. The van der Waals surface area contributed by atoms with Gasteiger partial charge in [0.25, 0.3) is 0 Å². The van der Waals surface area contributed by atoms with E-state index in [0.717, 1.165) is 17.7 Å². The molecule has 1 saturated heterocycles. The average Bonchev–Trinajstić information content (AvgIpc) is 2.99. The molecule has 0 aromatic heterocycles. The van der Waals surface area contributed by atoms with Crippen LogP contribution in [0.4, 0.5) is 0 Å². The summed E-state index contributed by atoms with van der Waals surface area (Å²) in [5.74, 6) is 1.52. The molecule has 0 spiro atoms. The van der Waals surface area contributed by atoms with Crippen molar-refractivity contribution in [1.82, 2.24) is 16.0 Å². The summed E-state index contributed by atoms with van der Waals surface area (Å²) in [6.07, 6.45) is 1.48. The Balaban J connectivity index is 0.00000341. The Labute approximate surface area is 201 Å². The lowest BCUT2D eigenvalue weighted by Crippen LogP contribution is -2.45. The zero-order valence-electron chi connectivity index (χ0n) is 18.3. The number of sulfone groups is 1. The van der Waals surface area contributed by atoms with Gasteiger partial charge in [0.1, 0.15) is 11.4 Å². The minimum atomic E-state index is -3.01. The van der Waals surface area contributed by atoms with E-state index in [-0.39, 0.29) is 65.5 Å². The molecule has 3 rings (SSSR count). The molecule has 1 aromatic rings. The van der Waals surface area contributed by atoms with Crippen molar-refractivity contribution in [3.05, 3.63) is 29.8 Å². The highest BCUT2D eigenvalue weighted by atomic mass is 127. The molecule has 1 amide bonds. The number of carbonyl (C=O) groups excluding carboxylic acids is 1. The second-order valence-corrected chi connectivity index (χ2v) is 10.7. The highest BCUT2D eigenvalue weighted by molar-refractivity contribution is 14.0. The van der Waals surface area contributed by atoms with Crippen LogP contribution >= 0.6 is 24.0 Å². The molecule has 0 aliphatic carbocycles. The highest BCUT2D eigenvalue weighted by Gasteiger charge is 2.34. The van der Waals surface area contributed by atoms with Gasteiger partial charge in [0.15, 0.2) is 15.8 Å². The van der Waals surface area contributed by atoms with Gasteiger partial charge in [0.2, 0.25) is 5.91 Å². The van der Waals surface area contributed by atoms with Crippen molar-refractivity contribution in [3.63, 3.8) is 0 Å². The first kappa shape index (κ1) is 25.7. The van der Waals surface area contributed by atoms with E-state index in [4.69, 9.17) is 4.74 Å². The summed E-state index contributed by atoms with van der Waals surface area (Å²) in [5, 5.41) is 9.51. The van der Waals surface area contributed by atoms with Crippen LogP contribution in [-0.4, -0.2) is 56.5 Å². The maximum Gasteiger partial charge on any atom is 0.222 e. The van der Waals surface area contributed by atoms with E-state index in [2.05, 4.69) is 40.9 Å². The molecule has 174 valence electrons. The third-order valence-corrected chi connectivity index (χ3v) is 7.01. The smallest absolute Gasteiger partial charge is 0.222 e. The second-order valence-electron chi connectivity index (χ2n) is 8.48. The highest BCUT2D eigenvalue weighted by Crippen LogP contribution is 2.39. The van der Waals surface area contributed by atoms with E-state index < -0.39 is 9.84 Å². The van der Waals surface area contributed by atoms with Crippen molar-refractivity contribution >= 4 is 45.7 Å². The number of benzene rings is 1. The normalized spacial score (nSPS) is 23.6. The van der Waals surface area contributed by atoms with Crippen molar-refractivity contribution in [2.24, 2.45) is 4.99 Å². The van der Waals surface area contributed by atoms with Crippen molar-refractivity contribution in [2.75, 3.05) is 24.6 Å². The van der Waals surface area contributed by atoms with Crippen LogP contribution in [0.25, 0.3) is 0 Å². The minimum absolute atomic E-state index is 0. The summed E-state index contributed by atoms with van der Waals surface area (Å²) in [5.41, 5.74) is 0.785. The van der Waals surface area contributed by atoms with Gasteiger partial charge in [-0.2, -0.15) is 0 Å². The number of nitrogens with zero attached hydrogens (tertiary/aromatic N) is 1. The number of carbonyl (C=O) groups is 1. The Kier molecular flexibility index (Phi) is 8.99. The lowest BCUT2D eigenvalue weighted by molar-refractivity contribution is -0.121. The van der Waals surface area contributed by atoms with E-state index >= 15 is 0 Å². The van der Waals surface area contributed by atoms with Gasteiger partial charge in [-0.1, -0.05) is 18.2 Å². The summed E-state index contributed by atoms with van der Waals surface area (Å²) >= 11 is 0. The van der Waals surface area contributed by atoms with Gasteiger partial charge in [-0.15, -0.1) is 24.0 Å². The number of halogens is 1. The van der Waals surface area contributed by atoms with Gasteiger partial charge < -0.3 is 20.7 Å². The Morgan fingerprint density at radius 3 is 2.68 bits per heavy atom. The van der Waals surface area contributed by atoms with E-state index in [1.54, 1.807) is 0 Å². The van der Waals surface area contributed by atoms with Crippen LogP contribution in [0.1, 0.15) is 51.6 Å². The summed E-state index contributed by atoms with van der Waals surface area (Å²) in [6.45, 7) is 7.14. The third kappa shape index (κ3) is 7.51. The van der Waals surface area contributed by atoms with Gasteiger partial charge in [-0.25, -0.2) is 8.42 Å². The number of fused-ring (bicyclic) bond motifs is 1. The number of hydrogen-bond donors (Lipinski definition) is 3. The van der Waals surface area contributed by atoms with Crippen molar-refractivity contribution < 1.29 is 17.9 Å². The molecule has 0 radical (unpaired) electrons. The van der Waals surface area contributed by atoms with Crippen LogP contribution in [-0.2, 0) is 14.6 Å². The molecule has 1 aromatic carbocycles. The Morgan fingerprint density at radius 2 is 2.00 bits per heavy atom. The molecule has 10 heteroatoms. The van der Waals surface area contributed by atoms with Gasteiger partial charge in [-0.05, 0) is 33.3 Å². The molecule has 8 nitrogen and oxygen atoms in total. The van der Waals surface area contributed by atoms with Crippen LogP contribution in [0.15, 0.2) is 29.3 Å². The van der Waals surface area contributed by atoms with Crippen LogP contribution in [0.2, 0.25) is 0 Å². The topological polar surface area (TPSA) is 109 Å². The van der Waals surface area contributed by atoms with Gasteiger partial charge >= 0.3 is 0 Å². The summed E-state index contributed by atoms with van der Waals surface area (Å²) in [4.78, 5) is 16.7. The Hall–Kier alpha value is -1.56. The molecule has 2 aliphatic rings. The first-order chi connectivity index (χ1) is 14.2. The molecule has 2 heterocycles. The standard InChI is InChI=1S/C21H32N4O4S.HI/c1-4-22-20(23-11-9-19(26)24-15-10-12-30(27,28)14-15)25-17-13-21(2,3)29-18-8-6-5-7-16(17)18;/h5-8,15,17H,4,9-14H2,1-3H3,(H,24,26)(H2,22,23,25);1H. The predicted octanol–water partition coefficient (Wildman–Crippen LogP) is 2.16.